The molecule has 0 aromatic carbocycles. The van der Waals surface area contributed by atoms with E-state index in [0.29, 0.717) is 0 Å². The molecule has 0 spiro atoms. The van der Waals surface area contributed by atoms with Crippen molar-refractivity contribution in [3.05, 3.63) is 18.3 Å². The summed E-state index contributed by atoms with van der Waals surface area (Å²) >= 11 is 0. The van der Waals surface area contributed by atoms with Gasteiger partial charge in [-0.25, -0.2) is 4.98 Å². The van der Waals surface area contributed by atoms with E-state index in [1.165, 1.54) is 0 Å². The molecule has 2 heterocycles. The summed E-state index contributed by atoms with van der Waals surface area (Å²) in [5.74, 6) is 0.846. The predicted molar refractivity (Wildman–Crippen MR) is 77.4 cm³/mol. The Hall–Kier alpha value is -1.62. The number of carbonyl (C=O) groups excluding carboxylic acids is 1. The van der Waals surface area contributed by atoms with Gasteiger partial charge < -0.3 is 15.5 Å². The van der Waals surface area contributed by atoms with Crippen molar-refractivity contribution in [1.82, 2.24) is 10.3 Å². The standard InChI is InChI=1S/C14H22N4O/c1-14(7-5-8-15-10-14)13(19)17-11-6-4-9-16-12(11)18(2)3/h4,6,9,15H,5,7-8,10H2,1-3H3,(H,17,19). The van der Waals surface area contributed by atoms with Gasteiger partial charge in [-0.3, -0.25) is 4.79 Å². The average molecular weight is 262 g/mol. The molecule has 2 N–H and O–H groups in total. The number of carbonyl (C=O) groups is 1. The summed E-state index contributed by atoms with van der Waals surface area (Å²) < 4.78 is 0. The lowest BCUT2D eigenvalue weighted by atomic mass is 9.82. The first-order valence-electron chi connectivity index (χ1n) is 6.67. The molecule has 1 aliphatic rings. The van der Waals surface area contributed by atoms with Crippen molar-refractivity contribution in [3.8, 4) is 0 Å². The van der Waals surface area contributed by atoms with Gasteiger partial charge in [0.25, 0.3) is 0 Å². The number of hydrogen-bond donors (Lipinski definition) is 2. The first kappa shape index (κ1) is 13.8. The number of hydrogen-bond acceptors (Lipinski definition) is 4. The molecule has 19 heavy (non-hydrogen) atoms. The highest BCUT2D eigenvalue weighted by Crippen LogP contribution is 2.29. The molecule has 1 saturated heterocycles. The second kappa shape index (κ2) is 5.57. The molecule has 2 rings (SSSR count). The molecule has 5 heteroatoms. The monoisotopic (exact) mass is 262 g/mol. The maximum atomic E-state index is 12.5. The molecule has 1 unspecified atom stereocenters. The van der Waals surface area contributed by atoms with E-state index in [0.717, 1.165) is 37.4 Å². The Kier molecular flexibility index (Phi) is 4.04. The Balaban J connectivity index is 2.14. The van der Waals surface area contributed by atoms with Crippen LogP contribution in [0.25, 0.3) is 0 Å². The number of aromatic nitrogens is 1. The Morgan fingerprint density at radius 2 is 2.32 bits per heavy atom. The highest BCUT2D eigenvalue weighted by atomic mass is 16.2. The van der Waals surface area contributed by atoms with Gasteiger partial charge >= 0.3 is 0 Å². The summed E-state index contributed by atoms with van der Waals surface area (Å²) in [6.45, 7) is 3.75. The summed E-state index contributed by atoms with van der Waals surface area (Å²) in [5.41, 5.74) is 0.432. The van der Waals surface area contributed by atoms with Gasteiger partial charge in [0.15, 0.2) is 5.82 Å². The molecule has 1 aromatic rings. The molecule has 5 nitrogen and oxygen atoms in total. The largest absolute Gasteiger partial charge is 0.361 e. The fourth-order valence-electron chi connectivity index (χ4n) is 2.37. The Bertz CT molecular complexity index is 453. The zero-order valence-corrected chi connectivity index (χ0v) is 11.9. The minimum absolute atomic E-state index is 0.0656. The second-order valence-corrected chi connectivity index (χ2v) is 5.56. The van der Waals surface area contributed by atoms with Crippen LogP contribution in [0.5, 0.6) is 0 Å². The number of anilines is 2. The molecule has 1 amide bonds. The van der Waals surface area contributed by atoms with Gasteiger partial charge in [-0.15, -0.1) is 0 Å². The van der Waals surface area contributed by atoms with Crippen LogP contribution in [0.2, 0.25) is 0 Å². The van der Waals surface area contributed by atoms with Gasteiger partial charge in [0.1, 0.15) is 0 Å². The van der Waals surface area contributed by atoms with Crippen LogP contribution >= 0.6 is 0 Å². The van der Waals surface area contributed by atoms with Crippen molar-refractivity contribution in [1.29, 1.82) is 0 Å². The predicted octanol–water partition coefficient (Wildman–Crippen LogP) is 1.48. The first-order valence-corrected chi connectivity index (χ1v) is 6.67. The van der Waals surface area contributed by atoms with Gasteiger partial charge in [-0.05, 0) is 38.4 Å². The lowest BCUT2D eigenvalue weighted by molar-refractivity contribution is -0.125. The fourth-order valence-corrected chi connectivity index (χ4v) is 2.37. The summed E-state index contributed by atoms with van der Waals surface area (Å²) in [6, 6.07) is 3.73. The number of amides is 1. The van der Waals surface area contributed by atoms with E-state index in [4.69, 9.17) is 0 Å². The van der Waals surface area contributed by atoms with Crippen LogP contribution in [0, 0.1) is 5.41 Å². The summed E-state index contributed by atoms with van der Waals surface area (Å²) in [6.07, 6.45) is 3.69. The lowest BCUT2D eigenvalue weighted by Crippen LogP contribution is -2.46. The summed E-state index contributed by atoms with van der Waals surface area (Å²) in [4.78, 5) is 18.7. The Morgan fingerprint density at radius 1 is 1.53 bits per heavy atom. The summed E-state index contributed by atoms with van der Waals surface area (Å²) in [5, 5.41) is 6.31. The third kappa shape index (κ3) is 3.04. The number of pyridine rings is 1. The van der Waals surface area contributed by atoms with E-state index in [2.05, 4.69) is 15.6 Å². The molecule has 0 aliphatic carbocycles. The molecule has 1 aromatic heterocycles. The van der Waals surface area contributed by atoms with E-state index < -0.39 is 0 Å². The Morgan fingerprint density at radius 3 is 2.95 bits per heavy atom. The highest BCUT2D eigenvalue weighted by molar-refractivity contribution is 5.97. The van der Waals surface area contributed by atoms with Gasteiger partial charge in [0.2, 0.25) is 5.91 Å². The maximum absolute atomic E-state index is 12.5. The zero-order valence-electron chi connectivity index (χ0n) is 11.9. The molecule has 0 radical (unpaired) electrons. The third-order valence-corrected chi connectivity index (χ3v) is 3.60. The number of nitrogens with zero attached hydrogens (tertiary/aromatic N) is 2. The Labute approximate surface area is 114 Å². The molecule has 1 atom stereocenters. The van der Waals surface area contributed by atoms with Gasteiger partial charge in [0.05, 0.1) is 11.1 Å². The quantitative estimate of drug-likeness (QED) is 0.866. The highest BCUT2D eigenvalue weighted by Gasteiger charge is 2.34. The number of nitrogens with one attached hydrogen (secondary N) is 2. The third-order valence-electron chi connectivity index (χ3n) is 3.60. The fraction of sp³-hybridized carbons (Fsp3) is 0.571. The lowest BCUT2D eigenvalue weighted by Gasteiger charge is -2.33. The van der Waals surface area contributed by atoms with Crippen molar-refractivity contribution in [2.75, 3.05) is 37.4 Å². The van der Waals surface area contributed by atoms with Crippen LogP contribution in [0.15, 0.2) is 18.3 Å². The topological polar surface area (TPSA) is 57.3 Å². The van der Waals surface area contributed by atoms with Crippen molar-refractivity contribution in [2.24, 2.45) is 5.41 Å². The molecule has 1 fully saturated rings. The van der Waals surface area contributed by atoms with Crippen LogP contribution in [-0.2, 0) is 4.79 Å². The van der Waals surface area contributed by atoms with E-state index in [-0.39, 0.29) is 11.3 Å². The van der Waals surface area contributed by atoms with Crippen LogP contribution in [-0.4, -0.2) is 38.1 Å². The van der Waals surface area contributed by atoms with Crippen LogP contribution in [0.1, 0.15) is 19.8 Å². The van der Waals surface area contributed by atoms with Crippen LogP contribution < -0.4 is 15.5 Å². The molecular weight excluding hydrogens is 240 g/mol. The van der Waals surface area contributed by atoms with Crippen molar-refractivity contribution in [2.45, 2.75) is 19.8 Å². The summed E-state index contributed by atoms with van der Waals surface area (Å²) in [7, 11) is 3.84. The van der Waals surface area contributed by atoms with E-state index >= 15 is 0 Å². The molecule has 0 saturated carbocycles. The van der Waals surface area contributed by atoms with Crippen molar-refractivity contribution >= 4 is 17.4 Å². The normalized spacial score (nSPS) is 22.9. The van der Waals surface area contributed by atoms with Gasteiger partial charge in [-0.2, -0.15) is 0 Å². The van der Waals surface area contributed by atoms with Crippen molar-refractivity contribution < 1.29 is 4.79 Å². The van der Waals surface area contributed by atoms with E-state index in [9.17, 15) is 4.79 Å². The molecule has 0 bridgehead atoms. The van der Waals surface area contributed by atoms with E-state index in [1.54, 1.807) is 6.20 Å². The van der Waals surface area contributed by atoms with Crippen LogP contribution in [0.3, 0.4) is 0 Å². The minimum atomic E-state index is -0.336. The average Bonchev–Trinajstić information content (AvgIpc) is 2.40. The van der Waals surface area contributed by atoms with Gasteiger partial charge in [0, 0.05) is 26.8 Å². The van der Waals surface area contributed by atoms with Crippen molar-refractivity contribution in [3.63, 3.8) is 0 Å². The molecule has 104 valence electrons. The minimum Gasteiger partial charge on any atom is -0.361 e. The molecule has 1 aliphatic heterocycles. The molecular formula is C14H22N4O. The number of piperidine rings is 1. The smallest absolute Gasteiger partial charge is 0.231 e. The second-order valence-electron chi connectivity index (χ2n) is 5.56. The SMILES string of the molecule is CN(C)c1ncccc1NC(=O)C1(C)CCCNC1. The first-order chi connectivity index (χ1) is 9.03. The van der Waals surface area contributed by atoms with E-state index in [1.807, 2.05) is 38.1 Å². The number of rotatable bonds is 3. The maximum Gasteiger partial charge on any atom is 0.231 e. The van der Waals surface area contributed by atoms with Gasteiger partial charge in [-0.1, -0.05) is 0 Å². The van der Waals surface area contributed by atoms with Crippen LogP contribution in [0.4, 0.5) is 11.5 Å². The zero-order chi connectivity index (χ0) is 13.9.